The highest BCUT2D eigenvalue weighted by atomic mass is 16.5. The standard InChI is InChI=1S/C14H22N2O3/c1-10(17)16-9-12(6-7-15)11-4-5-13(18-2)14(8-11)19-3/h4-5,8,12H,6-7,9,15H2,1-3H3,(H,16,17). The summed E-state index contributed by atoms with van der Waals surface area (Å²) in [6.07, 6.45) is 0.801. The molecule has 1 rings (SSSR count). The molecule has 0 bridgehead atoms. The first-order valence-corrected chi connectivity index (χ1v) is 6.28. The molecule has 0 aliphatic carbocycles. The van der Waals surface area contributed by atoms with Gasteiger partial charge in [-0.15, -0.1) is 0 Å². The number of rotatable bonds is 7. The van der Waals surface area contributed by atoms with Crippen LogP contribution in [0.25, 0.3) is 0 Å². The third-order valence-corrected chi connectivity index (χ3v) is 2.99. The zero-order chi connectivity index (χ0) is 14.3. The zero-order valence-corrected chi connectivity index (χ0v) is 11.7. The summed E-state index contributed by atoms with van der Waals surface area (Å²) in [5.74, 6) is 1.51. The predicted octanol–water partition coefficient (Wildman–Crippen LogP) is 1.27. The number of benzene rings is 1. The molecule has 1 unspecified atom stereocenters. The van der Waals surface area contributed by atoms with Crippen molar-refractivity contribution in [1.29, 1.82) is 0 Å². The first-order chi connectivity index (χ1) is 9.12. The Balaban J connectivity index is 2.91. The largest absolute Gasteiger partial charge is 0.493 e. The summed E-state index contributed by atoms with van der Waals surface area (Å²) in [5, 5.41) is 2.83. The van der Waals surface area contributed by atoms with E-state index in [0.717, 1.165) is 12.0 Å². The summed E-state index contributed by atoms with van der Waals surface area (Å²) in [6.45, 7) is 2.65. The molecular weight excluding hydrogens is 244 g/mol. The molecule has 1 amide bonds. The van der Waals surface area contributed by atoms with E-state index in [1.54, 1.807) is 14.2 Å². The van der Waals surface area contributed by atoms with E-state index in [2.05, 4.69) is 5.32 Å². The Labute approximate surface area is 114 Å². The van der Waals surface area contributed by atoms with Crippen LogP contribution in [0.1, 0.15) is 24.8 Å². The molecule has 19 heavy (non-hydrogen) atoms. The van der Waals surface area contributed by atoms with Crippen LogP contribution in [-0.4, -0.2) is 33.2 Å². The number of hydrogen-bond acceptors (Lipinski definition) is 4. The number of nitrogens with one attached hydrogen (secondary N) is 1. The van der Waals surface area contributed by atoms with E-state index in [1.807, 2.05) is 18.2 Å². The monoisotopic (exact) mass is 266 g/mol. The predicted molar refractivity (Wildman–Crippen MR) is 74.6 cm³/mol. The van der Waals surface area contributed by atoms with Gasteiger partial charge in [0.05, 0.1) is 14.2 Å². The SMILES string of the molecule is COc1ccc(C(CCN)CNC(C)=O)cc1OC. The first-order valence-electron chi connectivity index (χ1n) is 6.28. The summed E-state index contributed by atoms with van der Waals surface area (Å²) < 4.78 is 10.5. The van der Waals surface area contributed by atoms with E-state index in [-0.39, 0.29) is 11.8 Å². The van der Waals surface area contributed by atoms with Crippen LogP contribution >= 0.6 is 0 Å². The van der Waals surface area contributed by atoms with Gasteiger partial charge < -0.3 is 20.5 Å². The van der Waals surface area contributed by atoms with Gasteiger partial charge in [-0.3, -0.25) is 4.79 Å². The Morgan fingerprint density at radius 1 is 1.32 bits per heavy atom. The number of methoxy groups -OCH3 is 2. The number of nitrogens with two attached hydrogens (primary N) is 1. The Morgan fingerprint density at radius 3 is 2.53 bits per heavy atom. The lowest BCUT2D eigenvalue weighted by molar-refractivity contribution is -0.119. The average molecular weight is 266 g/mol. The van der Waals surface area contributed by atoms with E-state index in [1.165, 1.54) is 6.92 Å². The number of ether oxygens (including phenoxy) is 2. The minimum atomic E-state index is -0.0394. The quantitative estimate of drug-likeness (QED) is 0.779. The van der Waals surface area contributed by atoms with Crippen molar-refractivity contribution in [3.8, 4) is 11.5 Å². The summed E-state index contributed by atoms with van der Waals surface area (Å²) in [5.41, 5.74) is 6.71. The second-order valence-corrected chi connectivity index (χ2v) is 4.33. The molecule has 0 spiro atoms. The van der Waals surface area contributed by atoms with Crippen LogP contribution in [-0.2, 0) is 4.79 Å². The molecule has 0 aliphatic heterocycles. The fourth-order valence-corrected chi connectivity index (χ4v) is 1.96. The lowest BCUT2D eigenvalue weighted by Gasteiger charge is -2.18. The summed E-state index contributed by atoms with van der Waals surface area (Å²) in [4.78, 5) is 11.0. The summed E-state index contributed by atoms with van der Waals surface area (Å²) >= 11 is 0. The van der Waals surface area contributed by atoms with E-state index in [4.69, 9.17) is 15.2 Å². The van der Waals surface area contributed by atoms with Gasteiger partial charge in [-0.05, 0) is 30.7 Å². The highest BCUT2D eigenvalue weighted by Crippen LogP contribution is 2.31. The second kappa shape index (κ2) is 7.63. The molecule has 1 aromatic carbocycles. The van der Waals surface area contributed by atoms with Crippen molar-refractivity contribution < 1.29 is 14.3 Å². The van der Waals surface area contributed by atoms with E-state index >= 15 is 0 Å². The average Bonchev–Trinajstić information content (AvgIpc) is 2.42. The third-order valence-electron chi connectivity index (χ3n) is 2.99. The van der Waals surface area contributed by atoms with Crippen LogP contribution < -0.4 is 20.5 Å². The molecule has 0 heterocycles. The molecular formula is C14H22N2O3. The molecule has 3 N–H and O–H groups in total. The Morgan fingerprint density at radius 2 is 2.00 bits per heavy atom. The zero-order valence-electron chi connectivity index (χ0n) is 11.7. The molecule has 1 aromatic rings. The minimum absolute atomic E-state index is 0.0394. The van der Waals surface area contributed by atoms with E-state index < -0.39 is 0 Å². The molecule has 5 heteroatoms. The molecule has 0 saturated carbocycles. The fourth-order valence-electron chi connectivity index (χ4n) is 1.96. The second-order valence-electron chi connectivity index (χ2n) is 4.33. The Kier molecular flexibility index (Phi) is 6.15. The third kappa shape index (κ3) is 4.44. The maximum Gasteiger partial charge on any atom is 0.216 e. The molecule has 0 aromatic heterocycles. The van der Waals surface area contributed by atoms with Gasteiger partial charge in [-0.2, -0.15) is 0 Å². The summed E-state index contributed by atoms with van der Waals surface area (Å²) in [6, 6.07) is 5.77. The normalized spacial score (nSPS) is 11.8. The molecule has 0 saturated heterocycles. The van der Waals surface area contributed by atoms with Crippen LogP contribution in [0.15, 0.2) is 18.2 Å². The van der Waals surface area contributed by atoms with Crippen molar-refractivity contribution in [2.45, 2.75) is 19.3 Å². The van der Waals surface area contributed by atoms with Crippen molar-refractivity contribution in [2.24, 2.45) is 5.73 Å². The fraction of sp³-hybridized carbons (Fsp3) is 0.500. The van der Waals surface area contributed by atoms with Crippen molar-refractivity contribution in [3.63, 3.8) is 0 Å². The topological polar surface area (TPSA) is 73.6 Å². The van der Waals surface area contributed by atoms with Crippen LogP contribution in [0.5, 0.6) is 11.5 Å². The van der Waals surface area contributed by atoms with Gasteiger partial charge >= 0.3 is 0 Å². The number of amides is 1. The molecule has 0 aliphatic rings. The van der Waals surface area contributed by atoms with Crippen LogP contribution in [0.4, 0.5) is 0 Å². The van der Waals surface area contributed by atoms with Gasteiger partial charge in [-0.1, -0.05) is 6.07 Å². The van der Waals surface area contributed by atoms with Crippen molar-refractivity contribution in [3.05, 3.63) is 23.8 Å². The van der Waals surface area contributed by atoms with Gasteiger partial charge in [0.1, 0.15) is 0 Å². The molecule has 0 radical (unpaired) electrons. The lowest BCUT2D eigenvalue weighted by atomic mass is 9.95. The Hall–Kier alpha value is -1.75. The number of carbonyl (C=O) groups is 1. The van der Waals surface area contributed by atoms with Crippen LogP contribution in [0.2, 0.25) is 0 Å². The first kappa shape index (κ1) is 15.3. The highest BCUT2D eigenvalue weighted by molar-refractivity contribution is 5.72. The maximum absolute atomic E-state index is 11.0. The van der Waals surface area contributed by atoms with Gasteiger partial charge in [0, 0.05) is 19.4 Å². The maximum atomic E-state index is 11.0. The Bertz CT molecular complexity index is 421. The molecule has 0 fully saturated rings. The lowest BCUT2D eigenvalue weighted by Crippen LogP contribution is -2.27. The van der Waals surface area contributed by atoms with Gasteiger partial charge in [0.2, 0.25) is 5.91 Å². The van der Waals surface area contributed by atoms with Crippen molar-refractivity contribution in [1.82, 2.24) is 5.32 Å². The van der Waals surface area contributed by atoms with Crippen LogP contribution in [0, 0.1) is 0 Å². The summed E-state index contributed by atoms with van der Waals surface area (Å²) in [7, 11) is 3.21. The van der Waals surface area contributed by atoms with Crippen molar-refractivity contribution >= 4 is 5.91 Å². The molecule has 5 nitrogen and oxygen atoms in total. The van der Waals surface area contributed by atoms with Gasteiger partial charge in [0.15, 0.2) is 11.5 Å². The molecule has 106 valence electrons. The smallest absolute Gasteiger partial charge is 0.216 e. The van der Waals surface area contributed by atoms with E-state index in [9.17, 15) is 4.79 Å². The van der Waals surface area contributed by atoms with Crippen molar-refractivity contribution in [2.75, 3.05) is 27.3 Å². The van der Waals surface area contributed by atoms with E-state index in [0.29, 0.717) is 24.6 Å². The van der Waals surface area contributed by atoms with Gasteiger partial charge in [0.25, 0.3) is 0 Å². The van der Waals surface area contributed by atoms with Gasteiger partial charge in [-0.25, -0.2) is 0 Å². The highest BCUT2D eigenvalue weighted by Gasteiger charge is 2.14. The molecule has 1 atom stereocenters. The number of carbonyl (C=O) groups excluding carboxylic acids is 1. The minimum Gasteiger partial charge on any atom is -0.493 e. The van der Waals surface area contributed by atoms with Crippen LogP contribution in [0.3, 0.4) is 0 Å². The number of hydrogen-bond donors (Lipinski definition) is 2.